The van der Waals surface area contributed by atoms with Gasteiger partial charge in [-0.05, 0) is 31.4 Å². The maximum Gasteiger partial charge on any atom is 0.282 e. The average Bonchev–Trinajstić information content (AvgIpc) is 2.59. The predicted octanol–water partition coefficient (Wildman–Crippen LogP) is 1.19. The van der Waals surface area contributed by atoms with Crippen molar-refractivity contribution in [1.82, 2.24) is 10.2 Å². The molecule has 25 heavy (non-hydrogen) atoms. The first-order valence-electron chi connectivity index (χ1n) is 8.15. The fraction of sp³-hybridized carbons (Fsp3) is 0.500. The van der Waals surface area contributed by atoms with Crippen LogP contribution in [0.15, 0.2) is 18.2 Å². The van der Waals surface area contributed by atoms with Crippen molar-refractivity contribution in [2.45, 2.75) is 31.7 Å². The Bertz CT molecular complexity index is 668. The zero-order chi connectivity index (χ0) is 18.4. The molecule has 1 aromatic rings. The number of piperidine rings is 1. The second-order valence-electron chi connectivity index (χ2n) is 5.91. The number of nitrogens with zero attached hydrogens (tertiary/aromatic N) is 2. The summed E-state index contributed by atoms with van der Waals surface area (Å²) in [5, 5.41) is 13.8. The molecule has 3 N–H and O–H groups in total. The molecule has 0 aliphatic carbocycles. The minimum absolute atomic E-state index is 0.191. The summed E-state index contributed by atoms with van der Waals surface area (Å²) in [5.41, 5.74) is 4.62. The minimum atomic E-state index is -0.709. The molecule has 8 nitrogen and oxygen atoms in total. The number of hydrogen-bond donors (Lipinski definition) is 2. The zero-order valence-electron chi connectivity index (χ0n) is 13.7. The number of halogens is 1. The molecule has 136 valence electrons. The molecule has 1 aliphatic heterocycles. The number of nitrogens with one attached hydrogen (secondary N) is 1. The Balaban J connectivity index is 2.19. The van der Waals surface area contributed by atoms with Crippen LogP contribution in [0.1, 0.15) is 36.0 Å². The third-order valence-corrected chi connectivity index (χ3v) is 4.18. The Labute approximate surface area is 144 Å². The average molecular weight is 352 g/mol. The van der Waals surface area contributed by atoms with E-state index in [-0.39, 0.29) is 37.0 Å². The lowest BCUT2D eigenvalue weighted by molar-refractivity contribution is -0.385. The first-order chi connectivity index (χ1) is 11.9. The van der Waals surface area contributed by atoms with E-state index >= 15 is 0 Å². The van der Waals surface area contributed by atoms with Gasteiger partial charge in [0.2, 0.25) is 5.91 Å². The van der Waals surface area contributed by atoms with Gasteiger partial charge in [0.05, 0.1) is 4.92 Å². The number of nitro groups is 1. The summed E-state index contributed by atoms with van der Waals surface area (Å²) < 4.78 is 13.5. The normalized spacial score (nSPS) is 17.2. The molecular weight excluding hydrogens is 331 g/mol. The molecule has 1 heterocycles. The molecule has 0 aromatic heterocycles. The maximum absolute atomic E-state index is 13.5. The number of carbonyl (C=O) groups is 2. The molecule has 9 heteroatoms. The predicted molar refractivity (Wildman–Crippen MR) is 88.4 cm³/mol. The summed E-state index contributed by atoms with van der Waals surface area (Å²) in [6.45, 7) is 0.881. The van der Waals surface area contributed by atoms with Crippen molar-refractivity contribution in [3.05, 3.63) is 39.7 Å². The third kappa shape index (κ3) is 4.72. The largest absolute Gasteiger partial charge is 0.354 e. The highest BCUT2D eigenvalue weighted by atomic mass is 19.1. The molecule has 2 amide bonds. The number of likely N-dealkylation sites (tertiary alicyclic amines) is 1. The first kappa shape index (κ1) is 18.8. The van der Waals surface area contributed by atoms with Gasteiger partial charge in [0, 0.05) is 38.2 Å². The van der Waals surface area contributed by atoms with Gasteiger partial charge in [-0.25, -0.2) is 4.39 Å². The van der Waals surface area contributed by atoms with Crippen molar-refractivity contribution in [1.29, 1.82) is 0 Å². The third-order valence-electron chi connectivity index (χ3n) is 4.18. The summed E-state index contributed by atoms with van der Waals surface area (Å²) in [6, 6.07) is 2.55. The van der Waals surface area contributed by atoms with Crippen LogP contribution in [0.4, 0.5) is 10.1 Å². The lowest BCUT2D eigenvalue weighted by Crippen LogP contribution is -2.49. The van der Waals surface area contributed by atoms with E-state index in [2.05, 4.69) is 5.32 Å². The summed E-state index contributed by atoms with van der Waals surface area (Å²) in [4.78, 5) is 36.3. The molecule has 1 fully saturated rings. The molecule has 0 saturated carbocycles. The van der Waals surface area contributed by atoms with Crippen LogP contribution in [-0.4, -0.2) is 47.3 Å². The van der Waals surface area contributed by atoms with Crippen LogP contribution in [0, 0.1) is 15.9 Å². The van der Waals surface area contributed by atoms with Crippen LogP contribution in [-0.2, 0) is 4.79 Å². The first-order valence-corrected chi connectivity index (χ1v) is 8.15. The number of amides is 2. The van der Waals surface area contributed by atoms with Crippen LogP contribution in [0.3, 0.4) is 0 Å². The van der Waals surface area contributed by atoms with Gasteiger partial charge in [-0.3, -0.25) is 19.7 Å². The van der Waals surface area contributed by atoms with E-state index in [0.29, 0.717) is 13.0 Å². The highest BCUT2D eigenvalue weighted by Crippen LogP contribution is 2.25. The van der Waals surface area contributed by atoms with Gasteiger partial charge in [0.25, 0.3) is 11.6 Å². The second-order valence-corrected chi connectivity index (χ2v) is 5.91. The van der Waals surface area contributed by atoms with Gasteiger partial charge in [-0.15, -0.1) is 0 Å². The van der Waals surface area contributed by atoms with E-state index in [9.17, 15) is 24.1 Å². The van der Waals surface area contributed by atoms with Crippen LogP contribution < -0.4 is 11.1 Å². The summed E-state index contributed by atoms with van der Waals surface area (Å²) in [7, 11) is 0. The van der Waals surface area contributed by atoms with E-state index in [4.69, 9.17) is 5.73 Å². The molecule has 1 atom stereocenters. The Hall–Kier alpha value is -2.55. The number of benzene rings is 1. The number of hydrogen-bond acceptors (Lipinski definition) is 5. The monoisotopic (exact) mass is 352 g/mol. The topological polar surface area (TPSA) is 119 Å². The maximum atomic E-state index is 13.5. The van der Waals surface area contributed by atoms with Crippen molar-refractivity contribution in [3.63, 3.8) is 0 Å². The van der Waals surface area contributed by atoms with Crippen molar-refractivity contribution in [3.8, 4) is 0 Å². The van der Waals surface area contributed by atoms with Gasteiger partial charge >= 0.3 is 0 Å². The molecule has 1 saturated heterocycles. The second kappa shape index (κ2) is 8.52. The molecule has 0 radical (unpaired) electrons. The van der Waals surface area contributed by atoms with Crippen molar-refractivity contribution in [2.24, 2.45) is 5.73 Å². The lowest BCUT2D eigenvalue weighted by atomic mass is 10.00. The SMILES string of the molecule is NCCC(=O)NCC1CCCCN1C(=O)c1cc(F)ccc1[N+](=O)[O-]. The highest BCUT2D eigenvalue weighted by Gasteiger charge is 2.31. The number of nitro benzene ring substituents is 1. The Morgan fingerprint density at radius 2 is 2.16 bits per heavy atom. The van der Waals surface area contributed by atoms with Gasteiger partial charge < -0.3 is 16.0 Å². The highest BCUT2D eigenvalue weighted by molar-refractivity contribution is 5.98. The zero-order valence-corrected chi connectivity index (χ0v) is 13.7. The molecule has 1 unspecified atom stereocenters. The van der Waals surface area contributed by atoms with Gasteiger partial charge in [-0.2, -0.15) is 0 Å². The van der Waals surface area contributed by atoms with Crippen LogP contribution in [0.5, 0.6) is 0 Å². The summed E-state index contributed by atoms with van der Waals surface area (Å²) in [5.74, 6) is -1.51. The van der Waals surface area contributed by atoms with Crippen molar-refractivity contribution < 1.29 is 18.9 Å². The fourth-order valence-corrected chi connectivity index (χ4v) is 2.92. The van der Waals surface area contributed by atoms with E-state index in [1.54, 1.807) is 0 Å². The molecule has 2 rings (SSSR count). The van der Waals surface area contributed by atoms with E-state index in [1.165, 1.54) is 4.90 Å². The quantitative estimate of drug-likeness (QED) is 0.589. The van der Waals surface area contributed by atoms with Crippen molar-refractivity contribution >= 4 is 17.5 Å². The molecular formula is C16H21FN4O4. The number of rotatable bonds is 6. The Morgan fingerprint density at radius 3 is 2.84 bits per heavy atom. The molecule has 0 bridgehead atoms. The van der Waals surface area contributed by atoms with E-state index < -0.39 is 22.3 Å². The summed E-state index contributed by atoms with van der Waals surface area (Å²) in [6.07, 6.45) is 2.49. The van der Waals surface area contributed by atoms with E-state index in [0.717, 1.165) is 31.0 Å². The van der Waals surface area contributed by atoms with Gasteiger partial charge in [0.1, 0.15) is 11.4 Å². The van der Waals surface area contributed by atoms with Gasteiger partial charge in [-0.1, -0.05) is 0 Å². The van der Waals surface area contributed by atoms with E-state index in [1.807, 2.05) is 0 Å². The van der Waals surface area contributed by atoms with Crippen LogP contribution in [0.25, 0.3) is 0 Å². The molecule has 1 aliphatic rings. The van der Waals surface area contributed by atoms with Gasteiger partial charge in [0.15, 0.2) is 0 Å². The number of carbonyl (C=O) groups excluding carboxylic acids is 2. The number of nitrogens with two attached hydrogens (primary N) is 1. The Morgan fingerprint density at radius 1 is 1.40 bits per heavy atom. The molecule has 0 spiro atoms. The smallest absolute Gasteiger partial charge is 0.282 e. The van der Waals surface area contributed by atoms with Crippen LogP contribution >= 0.6 is 0 Å². The standard InChI is InChI=1S/C16H21FN4O4/c17-11-4-5-14(21(24)25)13(9-11)16(23)20-8-2-1-3-12(20)10-19-15(22)6-7-18/h4-5,9,12H,1-3,6-8,10,18H2,(H,19,22). The van der Waals surface area contributed by atoms with Crippen molar-refractivity contribution in [2.75, 3.05) is 19.6 Å². The minimum Gasteiger partial charge on any atom is -0.354 e. The molecule has 1 aromatic carbocycles. The fourth-order valence-electron chi connectivity index (χ4n) is 2.92. The Kier molecular flexibility index (Phi) is 6.40. The summed E-state index contributed by atoms with van der Waals surface area (Å²) >= 11 is 0. The van der Waals surface area contributed by atoms with Crippen LogP contribution in [0.2, 0.25) is 0 Å². The lowest BCUT2D eigenvalue weighted by Gasteiger charge is -2.35.